The van der Waals surface area contributed by atoms with Crippen molar-refractivity contribution in [2.75, 3.05) is 0 Å². The van der Waals surface area contributed by atoms with Crippen molar-refractivity contribution < 1.29 is 0 Å². The maximum atomic E-state index is 2.60. The van der Waals surface area contributed by atoms with E-state index in [0.29, 0.717) is 0 Å². The van der Waals surface area contributed by atoms with Crippen LogP contribution in [0.25, 0.3) is 32.7 Å². The third-order valence-electron chi connectivity index (χ3n) is 11.1. The second-order valence-electron chi connectivity index (χ2n) is 13.3. The molecule has 0 aliphatic carbocycles. The van der Waals surface area contributed by atoms with Gasteiger partial charge in [0.15, 0.2) is 0 Å². The van der Waals surface area contributed by atoms with E-state index in [1.807, 2.05) is 0 Å². The molecule has 4 bridgehead atoms. The number of benzene rings is 4. The standard InChI is InChI=1S/C36H40P2/c1-21-17-32-22(2)18-31(21)37(32)29-15-13-25-9-5-7-11-27(25)35(29)36-28-12-8-6-10-26(28)14-16-30(36)38-33-20-24(4)34(38)19-23(33)3/h5-16,21-24,31-34H,17-20H2,1-4H3/t21-,22-,23-,24-,31?,32?,33?,34?,37?,38?/m1/s1. The lowest BCUT2D eigenvalue weighted by Gasteiger charge is -2.28. The summed E-state index contributed by atoms with van der Waals surface area (Å²) in [7, 11) is -0.290. The van der Waals surface area contributed by atoms with Crippen LogP contribution in [0, 0.1) is 23.7 Å². The van der Waals surface area contributed by atoms with E-state index >= 15 is 0 Å². The molecule has 0 spiro atoms. The molecule has 4 aromatic carbocycles. The van der Waals surface area contributed by atoms with Crippen LogP contribution in [0.3, 0.4) is 0 Å². The van der Waals surface area contributed by atoms with E-state index in [2.05, 4.69) is 100 Å². The van der Waals surface area contributed by atoms with Crippen molar-refractivity contribution in [3.05, 3.63) is 72.8 Å². The van der Waals surface area contributed by atoms with Gasteiger partial charge >= 0.3 is 0 Å². The van der Waals surface area contributed by atoms with Crippen LogP contribution in [0.2, 0.25) is 0 Å². The summed E-state index contributed by atoms with van der Waals surface area (Å²) in [5, 5.41) is 9.30. The van der Waals surface area contributed by atoms with Crippen LogP contribution in [-0.4, -0.2) is 22.6 Å². The molecule has 4 heterocycles. The minimum absolute atomic E-state index is 0.145. The van der Waals surface area contributed by atoms with Crippen molar-refractivity contribution in [1.29, 1.82) is 0 Å². The normalized spacial score (nSPS) is 37.6. The molecule has 4 unspecified atom stereocenters. The number of hydrogen-bond acceptors (Lipinski definition) is 0. The fourth-order valence-electron chi connectivity index (χ4n) is 9.31. The Balaban J connectivity index is 1.45. The first kappa shape index (κ1) is 24.1. The largest absolute Gasteiger partial charge is 0.0677 e. The van der Waals surface area contributed by atoms with Gasteiger partial charge in [-0.1, -0.05) is 116 Å². The van der Waals surface area contributed by atoms with Crippen molar-refractivity contribution in [3.8, 4) is 11.1 Å². The van der Waals surface area contributed by atoms with Gasteiger partial charge in [0.25, 0.3) is 0 Å². The molecule has 8 atom stereocenters. The van der Waals surface area contributed by atoms with Crippen LogP contribution in [0.4, 0.5) is 0 Å². The van der Waals surface area contributed by atoms with Gasteiger partial charge in [0.1, 0.15) is 0 Å². The molecule has 0 saturated carbocycles. The van der Waals surface area contributed by atoms with E-state index in [9.17, 15) is 0 Å². The summed E-state index contributed by atoms with van der Waals surface area (Å²) in [6.45, 7) is 10.2. The fraction of sp³-hybridized carbons (Fsp3) is 0.444. The van der Waals surface area contributed by atoms with Gasteiger partial charge in [0.2, 0.25) is 0 Å². The Kier molecular flexibility index (Phi) is 5.63. The van der Waals surface area contributed by atoms with E-state index in [1.54, 1.807) is 21.7 Å². The highest BCUT2D eigenvalue weighted by Crippen LogP contribution is 2.70. The lowest BCUT2D eigenvalue weighted by molar-refractivity contribution is 0.365. The van der Waals surface area contributed by atoms with Gasteiger partial charge in [-0.2, -0.15) is 0 Å². The number of rotatable bonds is 3. The van der Waals surface area contributed by atoms with Crippen LogP contribution < -0.4 is 10.6 Å². The molecule has 0 amide bonds. The van der Waals surface area contributed by atoms with Crippen molar-refractivity contribution in [2.24, 2.45) is 23.7 Å². The first-order valence-corrected chi connectivity index (χ1v) is 18.1. The second kappa shape index (κ2) is 8.88. The average Bonchev–Trinajstić information content (AvgIpc) is 3.63. The Morgan fingerprint density at radius 3 is 1.16 bits per heavy atom. The third-order valence-corrected chi connectivity index (χ3v) is 18.7. The number of hydrogen-bond donors (Lipinski definition) is 0. The van der Waals surface area contributed by atoms with E-state index in [-0.39, 0.29) is 15.8 Å². The highest BCUT2D eigenvalue weighted by Gasteiger charge is 2.53. The maximum absolute atomic E-state index is 2.60. The molecule has 4 aromatic rings. The summed E-state index contributed by atoms with van der Waals surface area (Å²) in [6, 6.07) is 28.8. The lowest BCUT2D eigenvalue weighted by Crippen LogP contribution is -2.19. The van der Waals surface area contributed by atoms with Gasteiger partial charge in [-0.15, -0.1) is 0 Å². The molecule has 0 N–H and O–H groups in total. The molecule has 4 fully saturated rings. The van der Waals surface area contributed by atoms with Crippen molar-refractivity contribution >= 4 is 48.0 Å². The molecule has 0 aromatic heterocycles. The third kappa shape index (κ3) is 3.36. The van der Waals surface area contributed by atoms with Crippen LogP contribution in [0.1, 0.15) is 53.4 Å². The van der Waals surface area contributed by atoms with E-state index in [0.717, 1.165) is 46.3 Å². The topological polar surface area (TPSA) is 0 Å². The van der Waals surface area contributed by atoms with Crippen LogP contribution in [0.15, 0.2) is 72.8 Å². The van der Waals surface area contributed by atoms with Crippen LogP contribution >= 0.6 is 15.8 Å². The molecule has 4 saturated heterocycles. The highest BCUT2D eigenvalue weighted by atomic mass is 31.1. The van der Waals surface area contributed by atoms with Gasteiger partial charge < -0.3 is 0 Å². The SMILES string of the molecule is C[C@@H]1CC2[C@H](C)CC1P2c1ccc2ccccc2c1-c1c(P2C3C[C@@H](C)C2C[C@H]3C)ccc2ccccc12. The zero-order chi connectivity index (χ0) is 25.7. The number of fused-ring (bicyclic) bond motifs is 6. The predicted octanol–water partition coefficient (Wildman–Crippen LogP) is 9.51. The summed E-state index contributed by atoms with van der Waals surface area (Å²) >= 11 is 0. The highest BCUT2D eigenvalue weighted by molar-refractivity contribution is 7.68. The average molecular weight is 535 g/mol. The van der Waals surface area contributed by atoms with Crippen LogP contribution in [0.5, 0.6) is 0 Å². The second-order valence-corrected chi connectivity index (χ2v) is 18.5. The van der Waals surface area contributed by atoms with Gasteiger partial charge in [-0.25, -0.2) is 0 Å². The Bertz CT molecular complexity index is 1400. The van der Waals surface area contributed by atoms with E-state index in [4.69, 9.17) is 0 Å². The first-order valence-electron chi connectivity index (χ1n) is 15.1. The minimum atomic E-state index is -0.145. The monoisotopic (exact) mass is 534 g/mol. The summed E-state index contributed by atoms with van der Waals surface area (Å²) < 4.78 is 0. The van der Waals surface area contributed by atoms with Crippen molar-refractivity contribution in [2.45, 2.75) is 76.0 Å². The zero-order valence-corrected chi connectivity index (χ0v) is 25.1. The quantitative estimate of drug-likeness (QED) is 0.230. The first-order chi connectivity index (χ1) is 18.5. The Labute approximate surface area is 231 Å². The molecular formula is C36H40P2. The molecule has 0 nitrogen and oxygen atoms in total. The molecule has 194 valence electrons. The molecule has 4 aliphatic rings. The summed E-state index contributed by atoms with van der Waals surface area (Å²) in [5.74, 6) is 3.52. The maximum Gasteiger partial charge on any atom is -0.00155 e. The summed E-state index contributed by atoms with van der Waals surface area (Å²) in [6.07, 6.45) is 5.77. The lowest BCUT2D eigenvalue weighted by atomic mass is 9.84. The Morgan fingerprint density at radius 2 is 0.789 bits per heavy atom. The molecule has 38 heavy (non-hydrogen) atoms. The van der Waals surface area contributed by atoms with Gasteiger partial charge in [0, 0.05) is 0 Å². The summed E-state index contributed by atoms with van der Waals surface area (Å²) in [4.78, 5) is 0. The fourth-order valence-corrected chi connectivity index (χ4v) is 18.1. The molecule has 8 rings (SSSR count). The smallest absolute Gasteiger partial charge is 0.00155 e. The molecular weight excluding hydrogens is 494 g/mol. The predicted molar refractivity (Wildman–Crippen MR) is 170 cm³/mol. The Hall–Kier alpha value is -1.74. The van der Waals surface area contributed by atoms with Gasteiger partial charge in [0.05, 0.1) is 0 Å². The van der Waals surface area contributed by atoms with E-state index < -0.39 is 0 Å². The van der Waals surface area contributed by atoms with Gasteiger partial charge in [-0.3, -0.25) is 0 Å². The Morgan fingerprint density at radius 1 is 0.447 bits per heavy atom. The summed E-state index contributed by atoms with van der Waals surface area (Å²) in [5.41, 5.74) is 6.86. The minimum Gasteiger partial charge on any atom is -0.0677 e. The van der Waals surface area contributed by atoms with Crippen molar-refractivity contribution in [1.82, 2.24) is 0 Å². The molecule has 4 aliphatic heterocycles. The molecule has 0 radical (unpaired) electrons. The zero-order valence-electron chi connectivity index (χ0n) is 23.3. The van der Waals surface area contributed by atoms with Gasteiger partial charge in [-0.05, 0) is 115 Å². The van der Waals surface area contributed by atoms with E-state index in [1.165, 1.54) is 47.2 Å². The van der Waals surface area contributed by atoms with Crippen LogP contribution in [-0.2, 0) is 0 Å². The molecule has 2 heteroatoms. The van der Waals surface area contributed by atoms with Crippen molar-refractivity contribution in [3.63, 3.8) is 0 Å².